The summed E-state index contributed by atoms with van der Waals surface area (Å²) in [5.74, 6) is 0.554. The Morgan fingerprint density at radius 2 is 2.10 bits per heavy atom. The van der Waals surface area contributed by atoms with Crippen LogP contribution >= 0.6 is 0 Å². The summed E-state index contributed by atoms with van der Waals surface area (Å²) in [7, 11) is 0. The normalized spacial score (nSPS) is 29.0. The monoisotopic (exact) mass is 279 g/mol. The van der Waals surface area contributed by atoms with E-state index in [1.165, 1.54) is 32.1 Å². The van der Waals surface area contributed by atoms with Gasteiger partial charge in [0.2, 0.25) is 0 Å². The minimum absolute atomic E-state index is 0.289. The topological polar surface area (TPSA) is 59.6 Å². The van der Waals surface area contributed by atoms with E-state index in [9.17, 15) is 0 Å². The van der Waals surface area contributed by atoms with E-state index in [1.807, 2.05) is 6.92 Å². The first-order valence-corrected chi connectivity index (χ1v) is 7.91. The van der Waals surface area contributed by atoms with Crippen LogP contribution in [-0.4, -0.2) is 31.3 Å². The van der Waals surface area contributed by atoms with Crippen molar-refractivity contribution in [3.63, 3.8) is 0 Å². The number of nitrogens with zero attached hydrogens (tertiary/aromatic N) is 1. The predicted molar refractivity (Wildman–Crippen MR) is 83.8 cm³/mol. The number of hydrogen-bond acceptors (Lipinski definition) is 2. The maximum atomic E-state index is 6.00. The Bertz CT molecular complexity index is 372. The maximum Gasteiger partial charge on any atom is 0.189 e. The fraction of sp³-hybridized carbons (Fsp3) is 0.812. The van der Waals surface area contributed by atoms with Gasteiger partial charge in [0, 0.05) is 18.1 Å². The molecule has 0 heterocycles. The van der Waals surface area contributed by atoms with Crippen molar-refractivity contribution in [1.82, 2.24) is 5.32 Å². The van der Waals surface area contributed by atoms with Crippen LogP contribution in [0.3, 0.4) is 0 Å². The molecule has 3 N–H and O–H groups in total. The van der Waals surface area contributed by atoms with Crippen molar-refractivity contribution in [2.75, 3.05) is 13.2 Å². The third-order valence-electron chi connectivity index (χ3n) is 4.78. The molecule has 0 aromatic heterocycles. The summed E-state index contributed by atoms with van der Waals surface area (Å²) in [6.45, 7) is 9.31. The second-order valence-corrected chi connectivity index (χ2v) is 6.33. The maximum absolute atomic E-state index is 6.00. The number of nitrogens with one attached hydrogen (secondary N) is 1. The standard InChI is InChI=1S/C16H29N3O/c1-4-20-14-10-13(16(14)8-6-5-7-9-16)19-15(17)18-11-12(2)3/h13-14H,2,4-11H2,1,3H3,(H3,17,18,19). The summed E-state index contributed by atoms with van der Waals surface area (Å²) < 4.78 is 5.95. The summed E-state index contributed by atoms with van der Waals surface area (Å²) in [5.41, 5.74) is 7.32. The van der Waals surface area contributed by atoms with Crippen LogP contribution in [0.15, 0.2) is 17.1 Å². The van der Waals surface area contributed by atoms with Gasteiger partial charge in [0.15, 0.2) is 5.96 Å². The Hall–Kier alpha value is -1.03. The van der Waals surface area contributed by atoms with Crippen LogP contribution in [0.2, 0.25) is 0 Å². The van der Waals surface area contributed by atoms with Crippen molar-refractivity contribution >= 4 is 5.96 Å². The third-order valence-corrected chi connectivity index (χ3v) is 4.78. The van der Waals surface area contributed by atoms with Crippen molar-refractivity contribution in [3.05, 3.63) is 12.2 Å². The van der Waals surface area contributed by atoms with E-state index in [2.05, 4.69) is 23.8 Å². The summed E-state index contributed by atoms with van der Waals surface area (Å²) >= 11 is 0. The number of rotatable bonds is 5. The minimum atomic E-state index is 0.289. The molecule has 2 aliphatic rings. The van der Waals surface area contributed by atoms with E-state index >= 15 is 0 Å². The van der Waals surface area contributed by atoms with Crippen LogP contribution in [0, 0.1) is 5.41 Å². The molecular weight excluding hydrogens is 250 g/mol. The zero-order valence-electron chi connectivity index (χ0n) is 13.0. The van der Waals surface area contributed by atoms with Crippen LogP contribution < -0.4 is 11.1 Å². The second-order valence-electron chi connectivity index (χ2n) is 6.33. The second kappa shape index (κ2) is 6.61. The molecule has 0 aromatic carbocycles. The molecule has 2 rings (SSSR count). The van der Waals surface area contributed by atoms with E-state index in [0.717, 1.165) is 18.6 Å². The zero-order valence-corrected chi connectivity index (χ0v) is 13.0. The lowest BCUT2D eigenvalue weighted by molar-refractivity contribution is -0.145. The molecule has 20 heavy (non-hydrogen) atoms. The summed E-state index contributed by atoms with van der Waals surface area (Å²) in [4.78, 5) is 4.34. The van der Waals surface area contributed by atoms with Crippen molar-refractivity contribution in [1.29, 1.82) is 0 Å². The molecule has 2 saturated carbocycles. The van der Waals surface area contributed by atoms with Gasteiger partial charge >= 0.3 is 0 Å². The summed E-state index contributed by atoms with van der Waals surface area (Å²) in [6.07, 6.45) is 7.93. The van der Waals surface area contributed by atoms with E-state index in [-0.39, 0.29) is 5.41 Å². The Balaban J connectivity index is 1.97. The van der Waals surface area contributed by atoms with Crippen LogP contribution in [0.4, 0.5) is 0 Å². The quantitative estimate of drug-likeness (QED) is 0.462. The highest BCUT2D eigenvalue weighted by atomic mass is 16.5. The van der Waals surface area contributed by atoms with E-state index in [1.54, 1.807) is 0 Å². The predicted octanol–water partition coefficient (Wildman–Crippen LogP) is 2.59. The zero-order chi connectivity index (χ0) is 14.6. The van der Waals surface area contributed by atoms with E-state index < -0.39 is 0 Å². The first-order chi connectivity index (χ1) is 9.58. The van der Waals surface area contributed by atoms with Crippen molar-refractivity contribution in [2.24, 2.45) is 16.1 Å². The van der Waals surface area contributed by atoms with Crippen LogP contribution in [0.5, 0.6) is 0 Å². The average Bonchev–Trinajstić information content (AvgIpc) is 2.45. The minimum Gasteiger partial charge on any atom is -0.378 e. The van der Waals surface area contributed by atoms with Gasteiger partial charge in [0.1, 0.15) is 0 Å². The lowest BCUT2D eigenvalue weighted by Crippen LogP contribution is -2.66. The summed E-state index contributed by atoms with van der Waals surface area (Å²) in [6, 6.07) is 0.424. The largest absolute Gasteiger partial charge is 0.378 e. The fourth-order valence-electron chi connectivity index (χ4n) is 3.71. The van der Waals surface area contributed by atoms with Crippen LogP contribution in [0.25, 0.3) is 0 Å². The lowest BCUT2D eigenvalue weighted by atomic mass is 9.55. The molecule has 114 valence electrons. The smallest absolute Gasteiger partial charge is 0.189 e. The van der Waals surface area contributed by atoms with Gasteiger partial charge in [0.05, 0.1) is 12.6 Å². The Labute approximate surface area is 122 Å². The van der Waals surface area contributed by atoms with Crippen molar-refractivity contribution in [2.45, 2.75) is 64.5 Å². The third kappa shape index (κ3) is 3.17. The molecule has 2 unspecified atom stereocenters. The fourth-order valence-corrected chi connectivity index (χ4v) is 3.71. The molecule has 4 heteroatoms. The first-order valence-electron chi connectivity index (χ1n) is 7.91. The number of aliphatic imine (C=N–C) groups is 1. The summed E-state index contributed by atoms with van der Waals surface area (Å²) in [5, 5.41) is 3.43. The first kappa shape index (κ1) is 15.4. The SMILES string of the molecule is C=C(C)CN=C(N)NC1CC(OCC)C12CCCCC2. The van der Waals surface area contributed by atoms with Crippen molar-refractivity contribution < 1.29 is 4.74 Å². The van der Waals surface area contributed by atoms with Gasteiger partial charge in [0.25, 0.3) is 0 Å². The molecule has 1 spiro atoms. The molecule has 0 aliphatic heterocycles. The Morgan fingerprint density at radius 1 is 1.40 bits per heavy atom. The lowest BCUT2D eigenvalue weighted by Gasteiger charge is -2.57. The molecule has 0 radical (unpaired) electrons. The van der Waals surface area contributed by atoms with Gasteiger partial charge in [-0.25, -0.2) is 4.99 Å². The van der Waals surface area contributed by atoms with Gasteiger partial charge in [-0.05, 0) is 33.1 Å². The molecule has 0 bridgehead atoms. The molecule has 2 fully saturated rings. The number of ether oxygens (including phenoxy) is 1. The van der Waals surface area contributed by atoms with E-state index in [4.69, 9.17) is 10.5 Å². The molecule has 4 nitrogen and oxygen atoms in total. The van der Waals surface area contributed by atoms with Gasteiger partial charge < -0.3 is 15.8 Å². The molecule has 0 amide bonds. The van der Waals surface area contributed by atoms with E-state index in [0.29, 0.717) is 24.7 Å². The average molecular weight is 279 g/mol. The molecule has 2 atom stereocenters. The van der Waals surface area contributed by atoms with Gasteiger partial charge in [-0.1, -0.05) is 31.4 Å². The van der Waals surface area contributed by atoms with Gasteiger partial charge in [-0.3, -0.25) is 0 Å². The molecule has 0 saturated heterocycles. The highest BCUT2D eigenvalue weighted by Crippen LogP contribution is 2.53. The molecular formula is C16H29N3O. The Morgan fingerprint density at radius 3 is 2.70 bits per heavy atom. The molecule has 2 aliphatic carbocycles. The highest BCUT2D eigenvalue weighted by molar-refractivity contribution is 5.78. The van der Waals surface area contributed by atoms with Crippen LogP contribution in [-0.2, 0) is 4.74 Å². The number of guanidine groups is 1. The van der Waals surface area contributed by atoms with Gasteiger partial charge in [-0.15, -0.1) is 0 Å². The Kier molecular flexibility index (Phi) is 5.08. The van der Waals surface area contributed by atoms with Crippen LogP contribution in [0.1, 0.15) is 52.4 Å². The molecule has 0 aromatic rings. The number of hydrogen-bond donors (Lipinski definition) is 2. The van der Waals surface area contributed by atoms with Crippen molar-refractivity contribution in [3.8, 4) is 0 Å². The highest BCUT2D eigenvalue weighted by Gasteiger charge is 2.55. The number of nitrogens with two attached hydrogens (primary N) is 1. The van der Waals surface area contributed by atoms with Gasteiger partial charge in [-0.2, -0.15) is 0 Å².